The summed E-state index contributed by atoms with van der Waals surface area (Å²) < 4.78 is 5.77. The van der Waals surface area contributed by atoms with Crippen molar-refractivity contribution in [1.29, 1.82) is 0 Å². The molecule has 0 aliphatic heterocycles. The van der Waals surface area contributed by atoms with Crippen LogP contribution < -0.4 is 10.1 Å². The predicted octanol–water partition coefficient (Wildman–Crippen LogP) is 3.72. The molecule has 100 valence electrons. The van der Waals surface area contributed by atoms with Gasteiger partial charge in [-0.15, -0.1) is 0 Å². The fourth-order valence-electron chi connectivity index (χ4n) is 2.87. The summed E-state index contributed by atoms with van der Waals surface area (Å²) in [4.78, 5) is 0. The van der Waals surface area contributed by atoms with Crippen LogP contribution in [0.5, 0.6) is 5.75 Å². The van der Waals surface area contributed by atoms with E-state index >= 15 is 0 Å². The van der Waals surface area contributed by atoms with Crippen LogP contribution in [0.2, 0.25) is 0 Å². The molecule has 0 aromatic heterocycles. The van der Waals surface area contributed by atoms with E-state index in [1.165, 1.54) is 24.8 Å². The van der Waals surface area contributed by atoms with E-state index in [1.807, 2.05) is 0 Å². The van der Waals surface area contributed by atoms with Crippen LogP contribution in [0, 0.1) is 0 Å². The Labute approximate surface area is 111 Å². The molecule has 0 amide bonds. The predicted molar refractivity (Wildman–Crippen MR) is 76.3 cm³/mol. The molecule has 1 N–H and O–H groups in total. The first kappa shape index (κ1) is 13.4. The highest BCUT2D eigenvalue weighted by Crippen LogP contribution is 2.35. The standard InChI is InChI=1S/C16H25NO/c1-4-17-15-9-8-14(10-15)13-6-5-7-16(11-13)18-12(2)3/h5-7,11-12,14-15,17H,4,8-10H2,1-3H3. The zero-order chi connectivity index (χ0) is 13.0. The van der Waals surface area contributed by atoms with Crippen molar-refractivity contribution >= 4 is 0 Å². The Bertz CT molecular complexity index is 375. The number of benzene rings is 1. The minimum Gasteiger partial charge on any atom is -0.491 e. The van der Waals surface area contributed by atoms with Crippen LogP contribution in [0.15, 0.2) is 24.3 Å². The first-order valence-corrected chi connectivity index (χ1v) is 7.19. The van der Waals surface area contributed by atoms with Gasteiger partial charge in [0.1, 0.15) is 5.75 Å². The summed E-state index contributed by atoms with van der Waals surface area (Å²) >= 11 is 0. The van der Waals surface area contributed by atoms with Gasteiger partial charge < -0.3 is 10.1 Å². The molecule has 1 aromatic rings. The summed E-state index contributed by atoms with van der Waals surface area (Å²) in [5.74, 6) is 1.71. The SMILES string of the molecule is CCNC1CCC(c2cccc(OC(C)C)c2)C1. The maximum Gasteiger partial charge on any atom is 0.119 e. The topological polar surface area (TPSA) is 21.3 Å². The number of hydrogen-bond donors (Lipinski definition) is 1. The van der Waals surface area contributed by atoms with Crippen LogP contribution in [0.3, 0.4) is 0 Å². The summed E-state index contributed by atoms with van der Waals surface area (Å²) in [5.41, 5.74) is 1.44. The summed E-state index contributed by atoms with van der Waals surface area (Å²) in [7, 11) is 0. The molecule has 1 saturated carbocycles. The molecule has 0 radical (unpaired) electrons. The van der Waals surface area contributed by atoms with Gasteiger partial charge in [-0.05, 0) is 63.3 Å². The monoisotopic (exact) mass is 247 g/mol. The van der Waals surface area contributed by atoms with E-state index in [2.05, 4.69) is 50.4 Å². The first-order valence-electron chi connectivity index (χ1n) is 7.19. The molecule has 0 heterocycles. The second kappa shape index (κ2) is 6.24. The van der Waals surface area contributed by atoms with Crippen molar-refractivity contribution in [2.45, 2.75) is 58.1 Å². The molecule has 2 unspecified atom stereocenters. The zero-order valence-corrected chi connectivity index (χ0v) is 11.8. The lowest BCUT2D eigenvalue weighted by molar-refractivity contribution is 0.242. The highest BCUT2D eigenvalue weighted by atomic mass is 16.5. The fraction of sp³-hybridized carbons (Fsp3) is 0.625. The van der Waals surface area contributed by atoms with Gasteiger partial charge in [-0.3, -0.25) is 0 Å². The molecule has 0 spiro atoms. The van der Waals surface area contributed by atoms with Crippen molar-refractivity contribution in [3.05, 3.63) is 29.8 Å². The molecular weight excluding hydrogens is 222 g/mol. The number of hydrogen-bond acceptors (Lipinski definition) is 2. The van der Waals surface area contributed by atoms with Crippen molar-refractivity contribution in [3.63, 3.8) is 0 Å². The summed E-state index contributed by atoms with van der Waals surface area (Å²) in [5, 5.41) is 3.56. The van der Waals surface area contributed by atoms with Crippen LogP contribution in [0.25, 0.3) is 0 Å². The fourth-order valence-corrected chi connectivity index (χ4v) is 2.87. The molecule has 2 nitrogen and oxygen atoms in total. The van der Waals surface area contributed by atoms with Crippen LogP contribution in [0.4, 0.5) is 0 Å². The van der Waals surface area contributed by atoms with E-state index in [9.17, 15) is 0 Å². The lowest BCUT2D eigenvalue weighted by Crippen LogP contribution is -2.25. The molecule has 1 aliphatic carbocycles. The Morgan fingerprint density at radius 1 is 1.33 bits per heavy atom. The van der Waals surface area contributed by atoms with Crippen molar-refractivity contribution in [3.8, 4) is 5.75 Å². The molecule has 1 aliphatic rings. The van der Waals surface area contributed by atoms with Gasteiger partial charge in [0.05, 0.1) is 6.10 Å². The molecule has 18 heavy (non-hydrogen) atoms. The van der Waals surface area contributed by atoms with Crippen LogP contribution in [-0.4, -0.2) is 18.7 Å². The largest absolute Gasteiger partial charge is 0.491 e. The van der Waals surface area contributed by atoms with E-state index < -0.39 is 0 Å². The molecule has 1 aromatic carbocycles. The Morgan fingerprint density at radius 3 is 2.89 bits per heavy atom. The minimum atomic E-state index is 0.248. The maximum absolute atomic E-state index is 5.77. The Morgan fingerprint density at radius 2 is 2.17 bits per heavy atom. The summed E-state index contributed by atoms with van der Waals surface area (Å²) in [6, 6.07) is 9.34. The minimum absolute atomic E-state index is 0.248. The van der Waals surface area contributed by atoms with E-state index in [4.69, 9.17) is 4.74 Å². The van der Waals surface area contributed by atoms with Gasteiger partial charge in [-0.1, -0.05) is 19.1 Å². The number of rotatable bonds is 5. The van der Waals surface area contributed by atoms with Crippen LogP contribution >= 0.6 is 0 Å². The Hall–Kier alpha value is -1.02. The third-order valence-electron chi connectivity index (χ3n) is 3.63. The van der Waals surface area contributed by atoms with Gasteiger partial charge in [0, 0.05) is 6.04 Å². The molecule has 0 saturated heterocycles. The normalized spacial score (nSPS) is 23.6. The van der Waals surface area contributed by atoms with Crippen molar-refractivity contribution in [2.75, 3.05) is 6.54 Å². The Balaban J connectivity index is 2.01. The van der Waals surface area contributed by atoms with Gasteiger partial charge in [0.25, 0.3) is 0 Å². The number of nitrogens with one attached hydrogen (secondary N) is 1. The average Bonchev–Trinajstić information content (AvgIpc) is 2.78. The zero-order valence-electron chi connectivity index (χ0n) is 11.8. The van der Waals surface area contributed by atoms with Gasteiger partial charge in [0.2, 0.25) is 0 Å². The lowest BCUT2D eigenvalue weighted by Gasteiger charge is -2.15. The van der Waals surface area contributed by atoms with Gasteiger partial charge in [-0.25, -0.2) is 0 Å². The van der Waals surface area contributed by atoms with E-state index in [0.29, 0.717) is 12.0 Å². The summed E-state index contributed by atoms with van der Waals surface area (Å²) in [6.07, 6.45) is 4.11. The maximum atomic E-state index is 5.77. The molecule has 0 bridgehead atoms. The highest BCUT2D eigenvalue weighted by Gasteiger charge is 2.25. The van der Waals surface area contributed by atoms with E-state index in [1.54, 1.807) is 0 Å². The smallest absolute Gasteiger partial charge is 0.119 e. The highest BCUT2D eigenvalue weighted by molar-refractivity contribution is 5.31. The van der Waals surface area contributed by atoms with E-state index in [-0.39, 0.29) is 6.10 Å². The molecule has 2 rings (SSSR count). The second-order valence-electron chi connectivity index (χ2n) is 5.50. The number of ether oxygens (including phenoxy) is 1. The van der Waals surface area contributed by atoms with Gasteiger partial charge in [0.15, 0.2) is 0 Å². The van der Waals surface area contributed by atoms with E-state index in [0.717, 1.165) is 12.3 Å². The van der Waals surface area contributed by atoms with Crippen molar-refractivity contribution in [2.24, 2.45) is 0 Å². The first-order chi connectivity index (χ1) is 8.69. The third-order valence-corrected chi connectivity index (χ3v) is 3.63. The molecular formula is C16H25NO. The lowest BCUT2D eigenvalue weighted by atomic mass is 9.97. The van der Waals surface area contributed by atoms with Crippen molar-refractivity contribution in [1.82, 2.24) is 5.32 Å². The van der Waals surface area contributed by atoms with Crippen LogP contribution in [-0.2, 0) is 0 Å². The second-order valence-corrected chi connectivity index (χ2v) is 5.50. The summed E-state index contributed by atoms with van der Waals surface area (Å²) in [6.45, 7) is 7.41. The van der Waals surface area contributed by atoms with Gasteiger partial charge >= 0.3 is 0 Å². The average molecular weight is 247 g/mol. The molecule has 1 fully saturated rings. The van der Waals surface area contributed by atoms with Gasteiger partial charge in [-0.2, -0.15) is 0 Å². The van der Waals surface area contributed by atoms with Crippen molar-refractivity contribution < 1.29 is 4.74 Å². The molecule has 2 heteroatoms. The Kier molecular flexibility index (Phi) is 4.65. The van der Waals surface area contributed by atoms with Crippen LogP contribution in [0.1, 0.15) is 51.5 Å². The molecule has 2 atom stereocenters. The third kappa shape index (κ3) is 3.49. The quantitative estimate of drug-likeness (QED) is 0.856.